The van der Waals surface area contributed by atoms with Crippen molar-refractivity contribution in [3.05, 3.63) is 113 Å². The van der Waals surface area contributed by atoms with Crippen molar-refractivity contribution < 1.29 is 14.6 Å². The lowest BCUT2D eigenvalue weighted by molar-refractivity contribution is -0.110. The zero-order chi connectivity index (χ0) is 21.4. The fourth-order valence-corrected chi connectivity index (χ4v) is 3.83. The molecule has 1 aromatic heterocycles. The van der Waals surface area contributed by atoms with Crippen molar-refractivity contribution in [1.29, 1.82) is 0 Å². The highest BCUT2D eigenvalue weighted by atomic mass is 35.5. The molecule has 30 heavy (non-hydrogen) atoms. The van der Waals surface area contributed by atoms with Crippen LogP contribution in [-0.4, -0.2) is 23.0 Å². The summed E-state index contributed by atoms with van der Waals surface area (Å²) in [7, 11) is 1.68. The van der Waals surface area contributed by atoms with Crippen molar-refractivity contribution in [3.63, 3.8) is 0 Å². The van der Waals surface area contributed by atoms with E-state index in [-0.39, 0.29) is 11.2 Å². The van der Waals surface area contributed by atoms with Gasteiger partial charge < -0.3 is 9.84 Å². The molecule has 152 valence electrons. The lowest BCUT2D eigenvalue weighted by atomic mass is 9.75. The molecule has 0 saturated heterocycles. The Hall–Kier alpha value is -2.79. The Kier molecular flexibility index (Phi) is 5.10. The predicted octanol–water partition coefficient (Wildman–Crippen LogP) is 4.54. The van der Waals surface area contributed by atoms with Gasteiger partial charge in [-0.2, -0.15) is 0 Å². The van der Waals surface area contributed by atoms with E-state index in [0.29, 0.717) is 10.7 Å². The number of methoxy groups -OCH3 is 1. The number of benzene rings is 1. The highest BCUT2D eigenvalue weighted by Crippen LogP contribution is 2.39. The van der Waals surface area contributed by atoms with Gasteiger partial charge in [0.15, 0.2) is 5.78 Å². The van der Waals surface area contributed by atoms with Crippen molar-refractivity contribution >= 4 is 17.4 Å². The number of nitrogens with zero attached hydrogens (tertiary/aromatic N) is 1. The maximum atomic E-state index is 11.3. The van der Waals surface area contributed by atoms with Crippen molar-refractivity contribution in [2.45, 2.75) is 23.5 Å². The summed E-state index contributed by atoms with van der Waals surface area (Å²) >= 11 is 6.02. The Labute approximate surface area is 180 Å². The van der Waals surface area contributed by atoms with E-state index >= 15 is 0 Å². The first-order chi connectivity index (χ1) is 14.3. The lowest BCUT2D eigenvalue weighted by Crippen LogP contribution is -2.30. The van der Waals surface area contributed by atoms with Gasteiger partial charge in [-0.1, -0.05) is 42.0 Å². The van der Waals surface area contributed by atoms with Gasteiger partial charge in [-0.3, -0.25) is 9.78 Å². The molecule has 0 spiro atoms. The van der Waals surface area contributed by atoms with E-state index < -0.39 is 11.2 Å². The minimum absolute atomic E-state index is 0.149. The summed E-state index contributed by atoms with van der Waals surface area (Å²) in [6.07, 6.45) is 15.6. The number of pyridine rings is 1. The SMILES string of the molecule is COC1(c2ccc(Cl)cc2)C=CC(C)(c2ccc(C3(O)C=CC(=O)C=C3)nc2)C=C1. The molecule has 2 aliphatic rings. The largest absolute Gasteiger partial charge is 0.376 e. The van der Waals surface area contributed by atoms with E-state index in [1.807, 2.05) is 42.5 Å². The van der Waals surface area contributed by atoms with Gasteiger partial charge in [0.05, 0.1) is 5.69 Å². The van der Waals surface area contributed by atoms with Gasteiger partial charge in [-0.05, 0) is 72.7 Å². The van der Waals surface area contributed by atoms with Crippen LogP contribution in [0.4, 0.5) is 0 Å². The van der Waals surface area contributed by atoms with Crippen LogP contribution < -0.4 is 0 Å². The van der Waals surface area contributed by atoms with Gasteiger partial charge in [0.1, 0.15) is 11.2 Å². The molecule has 2 aliphatic carbocycles. The van der Waals surface area contributed by atoms with Crippen LogP contribution in [0, 0.1) is 0 Å². The fraction of sp³-hybridized carbons (Fsp3) is 0.200. The summed E-state index contributed by atoms with van der Waals surface area (Å²) in [6.45, 7) is 2.09. The van der Waals surface area contributed by atoms with E-state index in [1.165, 1.54) is 24.3 Å². The first-order valence-corrected chi connectivity index (χ1v) is 10.0. The number of halogens is 1. The third-order valence-corrected chi connectivity index (χ3v) is 6.04. The van der Waals surface area contributed by atoms with E-state index in [4.69, 9.17) is 16.3 Å². The first-order valence-electron chi connectivity index (χ1n) is 9.62. The number of carbonyl (C=O) groups is 1. The number of hydrogen-bond acceptors (Lipinski definition) is 4. The van der Waals surface area contributed by atoms with E-state index in [9.17, 15) is 9.90 Å². The van der Waals surface area contributed by atoms with Crippen LogP contribution in [0.5, 0.6) is 0 Å². The highest BCUT2D eigenvalue weighted by molar-refractivity contribution is 6.30. The molecule has 0 radical (unpaired) electrons. The van der Waals surface area contributed by atoms with Gasteiger partial charge in [0.2, 0.25) is 0 Å². The van der Waals surface area contributed by atoms with Crippen LogP contribution in [0.25, 0.3) is 0 Å². The molecule has 1 N–H and O–H groups in total. The maximum absolute atomic E-state index is 11.3. The average molecular weight is 420 g/mol. The summed E-state index contributed by atoms with van der Waals surface area (Å²) in [5, 5.41) is 11.4. The molecule has 0 saturated carbocycles. The molecule has 4 rings (SSSR count). The Morgan fingerprint density at radius 3 is 2.03 bits per heavy atom. The summed E-state index contributed by atoms with van der Waals surface area (Å²) in [5.41, 5.74) is 0.0260. The summed E-state index contributed by atoms with van der Waals surface area (Å²) in [5.74, 6) is -0.149. The third-order valence-electron chi connectivity index (χ3n) is 5.79. The molecule has 2 aromatic rings. The summed E-state index contributed by atoms with van der Waals surface area (Å²) in [4.78, 5) is 15.8. The lowest BCUT2D eigenvalue weighted by Gasteiger charge is -2.35. The van der Waals surface area contributed by atoms with Gasteiger partial charge in [0.25, 0.3) is 0 Å². The Balaban J connectivity index is 1.61. The zero-order valence-corrected chi connectivity index (χ0v) is 17.5. The monoisotopic (exact) mass is 419 g/mol. The van der Waals surface area contributed by atoms with Crippen LogP contribution in [0.1, 0.15) is 23.7 Å². The molecule has 0 bridgehead atoms. The molecule has 0 atom stereocenters. The molecule has 0 fully saturated rings. The van der Waals surface area contributed by atoms with Crippen LogP contribution in [0.3, 0.4) is 0 Å². The number of rotatable bonds is 4. The van der Waals surface area contributed by atoms with Gasteiger partial charge in [0, 0.05) is 23.7 Å². The van der Waals surface area contributed by atoms with E-state index in [0.717, 1.165) is 11.1 Å². The summed E-state index contributed by atoms with van der Waals surface area (Å²) < 4.78 is 5.85. The standard InChI is InChI=1S/C25H22ClNO3/c1-23(13-15-25(30-2,16-14-23)18-3-6-20(26)7-4-18)19-5-8-22(27-17-19)24(29)11-9-21(28)10-12-24/h3-17,29H,1-2H3. The van der Waals surface area contributed by atoms with Crippen molar-refractivity contribution in [2.75, 3.05) is 7.11 Å². The van der Waals surface area contributed by atoms with Crippen LogP contribution >= 0.6 is 11.6 Å². The molecule has 1 aromatic carbocycles. The number of aliphatic hydroxyl groups is 1. The van der Waals surface area contributed by atoms with Crippen molar-refractivity contribution in [2.24, 2.45) is 0 Å². The normalized spacial score (nSPS) is 26.9. The minimum Gasteiger partial charge on any atom is -0.376 e. The number of ether oxygens (including phenoxy) is 1. The van der Waals surface area contributed by atoms with Crippen LogP contribution in [-0.2, 0) is 26.1 Å². The number of ketones is 1. The van der Waals surface area contributed by atoms with Gasteiger partial charge in [-0.15, -0.1) is 0 Å². The average Bonchev–Trinajstić information content (AvgIpc) is 2.77. The Bertz CT molecular complexity index is 1050. The predicted molar refractivity (Wildman–Crippen MR) is 117 cm³/mol. The number of carbonyl (C=O) groups excluding carboxylic acids is 1. The molecular formula is C25H22ClNO3. The van der Waals surface area contributed by atoms with Crippen molar-refractivity contribution in [3.8, 4) is 0 Å². The summed E-state index contributed by atoms with van der Waals surface area (Å²) in [6, 6.07) is 11.3. The molecular weight excluding hydrogens is 398 g/mol. The van der Waals surface area contributed by atoms with E-state index in [2.05, 4.69) is 24.1 Å². The molecule has 0 amide bonds. The number of hydrogen-bond donors (Lipinski definition) is 1. The van der Waals surface area contributed by atoms with Gasteiger partial charge >= 0.3 is 0 Å². The van der Waals surface area contributed by atoms with Crippen LogP contribution in [0.15, 0.2) is 91.2 Å². The smallest absolute Gasteiger partial charge is 0.178 e. The van der Waals surface area contributed by atoms with Crippen LogP contribution in [0.2, 0.25) is 5.02 Å². The maximum Gasteiger partial charge on any atom is 0.178 e. The Morgan fingerprint density at radius 2 is 1.50 bits per heavy atom. The van der Waals surface area contributed by atoms with E-state index in [1.54, 1.807) is 19.4 Å². The number of allylic oxidation sites excluding steroid dienone is 4. The molecule has 0 unspecified atom stereocenters. The number of aromatic nitrogens is 1. The first kappa shape index (κ1) is 20.5. The second kappa shape index (κ2) is 7.47. The molecule has 0 aliphatic heterocycles. The molecule has 1 heterocycles. The second-order valence-electron chi connectivity index (χ2n) is 7.78. The quantitative estimate of drug-likeness (QED) is 0.739. The topological polar surface area (TPSA) is 59.4 Å². The third kappa shape index (κ3) is 3.58. The fourth-order valence-electron chi connectivity index (χ4n) is 3.70. The minimum atomic E-state index is -1.37. The van der Waals surface area contributed by atoms with Crippen molar-refractivity contribution in [1.82, 2.24) is 4.98 Å². The second-order valence-corrected chi connectivity index (χ2v) is 8.22. The highest BCUT2D eigenvalue weighted by Gasteiger charge is 2.34. The zero-order valence-electron chi connectivity index (χ0n) is 16.7. The molecule has 5 heteroatoms. The Morgan fingerprint density at radius 1 is 0.900 bits per heavy atom. The molecule has 4 nitrogen and oxygen atoms in total. The van der Waals surface area contributed by atoms with Gasteiger partial charge in [-0.25, -0.2) is 0 Å².